The predicted molar refractivity (Wildman–Crippen MR) is 75.2 cm³/mol. The highest BCUT2D eigenvalue weighted by molar-refractivity contribution is 7.88. The topological polar surface area (TPSA) is 76.2 Å². The van der Waals surface area contributed by atoms with Crippen LogP contribution in [0, 0.1) is 11.8 Å². The van der Waals surface area contributed by atoms with E-state index in [4.69, 9.17) is 9.47 Å². The van der Waals surface area contributed by atoms with Gasteiger partial charge < -0.3 is 14.4 Å². The SMILES string of the molecule is CS(=O)(=O)N1CCO[C@@H]2CN(C(=O)C3CCOC3)C[C@@H]2C1. The third kappa shape index (κ3) is 3.23. The number of hydrogen-bond donors (Lipinski definition) is 0. The van der Waals surface area contributed by atoms with Crippen molar-refractivity contribution in [3.8, 4) is 0 Å². The summed E-state index contributed by atoms with van der Waals surface area (Å²) in [5, 5.41) is 0. The molecule has 3 aliphatic rings. The summed E-state index contributed by atoms with van der Waals surface area (Å²) >= 11 is 0. The third-order valence-corrected chi connectivity index (χ3v) is 5.82. The van der Waals surface area contributed by atoms with Gasteiger partial charge in [-0.3, -0.25) is 4.79 Å². The van der Waals surface area contributed by atoms with Gasteiger partial charge in [-0.15, -0.1) is 0 Å². The van der Waals surface area contributed by atoms with Gasteiger partial charge >= 0.3 is 0 Å². The summed E-state index contributed by atoms with van der Waals surface area (Å²) in [4.78, 5) is 14.2. The summed E-state index contributed by atoms with van der Waals surface area (Å²) in [6, 6.07) is 0. The fourth-order valence-corrected chi connectivity index (χ4v) is 4.20. The van der Waals surface area contributed by atoms with Crippen LogP contribution < -0.4 is 0 Å². The number of hydrogen-bond acceptors (Lipinski definition) is 5. The highest BCUT2D eigenvalue weighted by atomic mass is 32.2. The molecule has 3 atom stereocenters. The van der Waals surface area contributed by atoms with Crippen LogP contribution in [0.25, 0.3) is 0 Å². The molecular weight excluding hydrogens is 296 g/mol. The second-order valence-corrected chi connectivity index (χ2v) is 8.08. The third-order valence-electron chi connectivity index (χ3n) is 4.55. The molecule has 3 aliphatic heterocycles. The number of nitrogens with zero attached hydrogens (tertiary/aromatic N) is 2. The Morgan fingerprint density at radius 1 is 1.19 bits per heavy atom. The highest BCUT2D eigenvalue weighted by Crippen LogP contribution is 2.27. The molecule has 0 aromatic rings. The Morgan fingerprint density at radius 3 is 2.67 bits per heavy atom. The van der Waals surface area contributed by atoms with Crippen molar-refractivity contribution in [2.45, 2.75) is 12.5 Å². The minimum Gasteiger partial charge on any atom is -0.381 e. The van der Waals surface area contributed by atoms with Crippen molar-refractivity contribution in [1.82, 2.24) is 9.21 Å². The molecule has 8 heteroatoms. The summed E-state index contributed by atoms with van der Waals surface area (Å²) < 4.78 is 35.9. The lowest BCUT2D eigenvalue weighted by molar-refractivity contribution is -0.135. The number of fused-ring (bicyclic) bond motifs is 1. The van der Waals surface area contributed by atoms with Gasteiger partial charge in [0.15, 0.2) is 0 Å². The summed E-state index contributed by atoms with van der Waals surface area (Å²) in [7, 11) is -3.21. The van der Waals surface area contributed by atoms with E-state index in [-0.39, 0.29) is 23.8 Å². The lowest BCUT2D eigenvalue weighted by atomic mass is 10.1. The summed E-state index contributed by atoms with van der Waals surface area (Å²) in [5.74, 6) is 0.141. The number of carbonyl (C=O) groups is 1. The van der Waals surface area contributed by atoms with Crippen molar-refractivity contribution in [2.24, 2.45) is 11.8 Å². The van der Waals surface area contributed by atoms with Crippen LogP contribution in [-0.2, 0) is 24.3 Å². The molecule has 3 fully saturated rings. The maximum atomic E-state index is 12.4. The zero-order valence-electron chi connectivity index (χ0n) is 12.2. The average molecular weight is 318 g/mol. The van der Waals surface area contributed by atoms with Gasteiger partial charge in [0.2, 0.25) is 15.9 Å². The second kappa shape index (κ2) is 5.83. The van der Waals surface area contributed by atoms with Crippen molar-refractivity contribution in [1.29, 1.82) is 0 Å². The van der Waals surface area contributed by atoms with Gasteiger partial charge in [-0.25, -0.2) is 8.42 Å². The fraction of sp³-hybridized carbons (Fsp3) is 0.923. The van der Waals surface area contributed by atoms with E-state index >= 15 is 0 Å². The standard InChI is InChI=1S/C13H22N2O5S/c1-21(17,18)15-3-5-20-12-8-14(6-11(12)7-15)13(16)10-2-4-19-9-10/h10-12H,2-9H2,1H3/t10?,11-,12-/m1/s1. The molecular formula is C13H22N2O5S. The van der Waals surface area contributed by atoms with Crippen LogP contribution in [-0.4, -0.2) is 81.9 Å². The van der Waals surface area contributed by atoms with Crippen LogP contribution in [0.15, 0.2) is 0 Å². The van der Waals surface area contributed by atoms with Crippen LogP contribution in [0.5, 0.6) is 0 Å². The molecule has 7 nitrogen and oxygen atoms in total. The van der Waals surface area contributed by atoms with E-state index in [0.717, 1.165) is 6.42 Å². The van der Waals surface area contributed by atoms with E-state index in [2.05, 4.69) is 0 Å². The van der Waals surface area contributed by atoms with Crippen molar-refractivity contribution >= 4 is 15.9 Å². The summed E-state index contributed by atoms with van der Waals surface area (Å²) in [6.07, 6.45) is 1.95. The number of likely N-dealkylation sites (tertiary alicyclic amines) is 1. The minimum atomic E-state index is -3.21. The normalized spacial score (nSPS) is 34.7. The molecule has 3 heterocycles. The zero-order chi connectivity index (χ0) is 15.0. The lowest BCUT2D eigenvalue weighted by Gasteiger charge is -2.22. The van der Waals surface area contributed by atoms with Crippen LogP contribution in [0.4, 0.5) is 0 Å². The van der Waals surface area contributed by atoms with Gasteiger partial charge in [0, 0.05) is 38.7 Å². The van der Waals surface area contributed by atoms with Crippen LogP contribution in [0.1, 0.15) is 6.42 Å². The molecule has 0 aromatic carbocycles. The van der Waals surface area contributed by atoms with Gasteiger partial charge in [0.25, 0.3) is 0 Å². The first kappa shape index (κ1) is 15.2. The van der Waals surface area contributed by atoms with Crippen LogP contribution >= 0.6 is 0 Å². The van der Waals surface area contributed by atoms with Gasteiger partial charge in [0.1, 0.15) is 0 Å². The molecule has 0 aliphatic carbocycles. The quantitative estimate of drug-likeness (QED) is 0.662. The molecule has 1 amide bonds. The Hall–Kier alpha value is -0.700. The van der Waals surface area contributed by atoms with Gasteiger partial charge in [-0.2, -0.15) is 4.31 Å². The van der Waals surface area contributed by atoms with Gasteiger partial charge in [-0.1, -0.05) is 0 Å². The maximum Gasteiger partial charge on any atom is 0.228 e. The average Bonchev–Trinajstić information content (AvgIpc) is 3.03. The number of amides is 1. The van der Waals surface area contributed by atoms with E-state index in [0.29, 0.717) is 46.0 Å². The van der Waals surface area contributed by atoms with E-state index in [9.17, 15) is 13.2 Å². The summed E-state index contributed by atoms with van der Waals surface area (Å²) in [5.41, 5.74) is 0. The minimum absolute atomic E-state index is 0.0432. The molecule has 3 saturated heterocycles. The lowest BCUT2D eigenvalue weighted by Crippen LogP contribution is -2.38. The molecule has 3 rings (SSSR count). The van der Waals surface area contributed by atoms with Crippen LogP contribution in [0.2, 0.25) is 0 Å². The number of rotatable bonds is 2. The Balaban J connectivity index is 1.66. The number of carbonyl (C=O) groups excluding carboxylic acids is 1. The fourth-order valence-electron chi connectivity index (χ4n) is 3.33. The molecule has 0 N–H and O–H groups in total. The van der Waals surface area contributed by atoms with Crippen molar-refractivity contribution in [3.05, 3.63) is 0 Å². The molecule has 21 heavy (non-hydrogen) atoms. The Kier molecular flexibility index (Phi) is 4.22. The molecule has 120 valence electrons. The molecule has 0 bridgehead atoms. The molecule has 0 saturated carbocycles. The van der Waals surface area contributed by atoms with E-state index in [1.165, 1.54) is 10.6 Å². The van der Waals surface area contributed by atoms with Crippen molar-refractivity contribution in [3.63, 3.8) is 0 Å². The highest BCUT2D eigenvalue weighted by Gasteiger charge is 2.41. The zero-order valence-corrected chi connectivity index (χ0v) is 13.0. The first-order valence-corrected chi connectivity index (χ1v) is 9.23. The van der Waals surface area contributed by atoms with Crippen LogP contribution in [0.3, 0.4) is 0 Å². The van der Waals surface area contributed by atoms with Crippen molar-refractivity contribution < 1.29 is 22.7 Å². The Morgan fingerprint density at radius 2 is 2.00 bits per heavy atom. The summed E-state index contributed by atoms with van der Waals surface area (Å²) in [6.45, 7) is 3.52. The number of sulfonamides is 1. The second-order valence-electron chi connectivity index (χ2n) is 6.09. The predicted octanol–water partition coefficient (Wildman–Crippen LogP) is -0.858. The first-order chi connectivity index (χ1) is 9.95. The van der Waals surface area contributed by atoms with Gasteiger partial charge in [-0.05, 0) is 6.42 Å². The maximum absolute atomic E-state index is 12.4. The molecule has 0 spiro atoms. The molecule has 0 radical (unpaired) electrons. The monoisotopic (exact) mass is 318 g/mol. The largest absolute Gasteiger partial charge is 0.381 e. The van der Waals surface area contributed by atoms with E-state index in [1.54, 1.807) is 0 Å². The molecule has 1 unspecified atom stereocenters. The number of ether oxygens (including phenoxy) is 2. The van der Waals surface area contributed by atoms with E-state index < -0.39 is 10.0 Å². The van der Waals surface area contributed by atoms with E-state index in [1.807, 2.05) is 4.90 Å². The van der Waals surface area contributed by atoms with Gasteiger partial charge in [0.05, 0.1) is 31.5 Å². The Bertz CT molecular complexity index is 503. The van der Waals surface area contributed by atoms with Crippen molar-refractivity contribution in [2.75, 3.05) is 52.3 Å². The first-order valence-electron chi connectivity index (χ1n) is 7.38. The Labute approximate surface area is 125 Å². The molecule has 0 aromatic heterocycles. The smallest absolute Gasteiger partial charge is 0.228 e.